The predicted octanol–water partition coefficient (Wildman–Crippen LogP) is 4.52. The normalized spacial score (nSPS) is 22.1. The van der Waals surface area contributed by atoms with Gasteiger partial charge in [0, 0.05) is 26.1 Å². The minimum atomic E-state index is -0.656. The van der Waals surface area contributed by atoms with Gasteiger partial charge in [-0.3, -0.25) is 19.1 Å². The summed E-state index contributed by atoms with van der Waals surface area (Å²) in [6, 6.07) is 9.57. The van der Waals surface area contributed by atoms with Crippen molar-refractivity contribution in [2.45, 2.75) is 56.8 Å². The number of aromatic nitrogens is 2. The van der Waals surface area contributed by atoms with Gasteiger partial charge in [0.1, 0.15) is 5.82 Å². The highest BCUT2D eigenvalue weighted by molar-refractivity contribution is 6.34. The number of para-hydroxylation sites is 1. The molecule has 3 aromatic rings. The highest BCUT2D eigenvalue weighted by atomic mass is 35.5. The number of rotatable bonds is 9. The van der Waals surface area contributed by atoms with Gasteiger partial charge >= 0.3 is 5.97 Å². The number of halogens is 2. The molecule has 2 fully saturated rings. The van der Waals surface area contributed by atoms with Crippen molar-refractivity contribution < 1.29 is 33.0 Å². The van der Waals surface area contributed by atoms with E-state index in [1.165, 1.54) is 13.2 Å². The van der Waals surface area contributed by atoms with E-state index in [2.05, 4.69) is 10.4 Å². The average molecular weight is 615 g/mol. The molecule has 1 aliphatic carbocycles. The fourth-order valence-corrected chi connectivity index (χ4v) is 6.27. The molecule has 5 rings (SSSR count). The van der Waals surface area contributed by atoms with E-state index in [1.54, 1.807) is 29.8 Å². The molecule has 1 aliphatic heterocycles. The fourth-order valence-electron chi connectivity index (χ4n) is 6.03. The van der Waals surface area contributed by atoms with Crippen LogP contribution in [-0.4, -0.2) is 78.1 Å². The Morgan fingerprint density at radius 3 is 2.56 bits per heavy atom. The SMILES string of the molecule is COC(=O)C1CCC(OC[C@@H]2C[C@H](OC)CN2C(=O)Cc2cc(Cl)c(NC(=O)c3nn(C)c4ccccc34)cc2F)CC1. The maximum Gasteiger partial charge on any atom is 0.308 e. The molecule has 230 valence electrons. The van der Waals surface area contributed by atoms with Gasteiger partial charge < -0.3 is 24.4 Å². The number of likely N-dealkylation sites (tertiary alicyclic amines) is 1. The second kappa shape index (κ2) is 13.4. The number of anilines is 1. The molecular weight excluding hydrogens is 579 g/mol. The van der Waals surface area contributed by atoms with Crippen LogP contribution in [0.3, 0.4) is 0 Å². The number of esters is 1. The molecule has 0 unspecified atom stereocenters. The topological polar surface area (TPSA) is 112 Å². The van der Waals surface area contributed by atoms with Gasteiger partial charge in [-0.25, -0.2) is 4.39 Å². The van der Waals surface area contributed by atoms with Crippen LogP contribution in [0.1, 0.15) is 48.2 Å². The highest BCUT2D eigenvalue weighted by Crippen LogP contribution is 2.31. The van der Waals surface area contributed by atoms with E-state index in [4.69, 9.17) is 25.8 Å². The first kappa shape index (κ1) is 30.9. The minimum absolute atomic E-state index is 0.00235. The van der Waals surface area contributed by atoms with Crippen molar-refractivity contribution in [2.24, 2.45) is 13.0 Å². The van der Waals surface area contributed by atoms with Crippen molar-refractivity contribution in [1.82, 2.24) is 14.7 Å². The summed E-state index contributed by atoms with van der Waals surface area (Å²) in [7, 11) is 4.74. The summed E-state index contributed by atoms with van der Waals surface area (Å²) in [4.78, 5) is 39.9. The lowest BCUT2D eigenvalue weighted by Gasteiger charge is -2.30. The number of carbonyl (C=O) groups is 3. The second-order valence-corrected chi connectivity index (χ2v) is 11.6. The number of hydrogen-bond acceptors (Lipinski definition) is 7. The third kappa shape index (κ3) is 6.84. The van der Waals surface area contributed by atoms with Crippen molar-refractivity contribution in [3.63, 3.8) is 0 Å². The first-order chi connectivity index (χ1) is 20.7. The molecule has 2 amide bonds. The number of nitrogens with zero attached hydrogens (tertiary/aromatic N) is 3. The van der Waals surface area contributed by atoms with Crippen LogP contribution in [0.25, 0.3) is 10.9 Å². The largest absolute Gasteiger partial charge is 0.469 e. The van der Waals surface area contributed by atoms with Crippen LogP contribution in [-0.2, 0) is 37.3 Å². The van der Waals surface area contributed by atoms with Gasteiger partial charge in [-0.05, 0) is 55.9 Å². The fraction of sp³-hybridized carbons (Fsp3) is 0.484. The Labute approximate surface area is 254 Å². The van der Waals surface area contributed by atoms with Gasteiger partial charge in [0.05, 0.1) is 60.5 Å². The Morgan fingerprint density at radius 2 is 1.84 bits per heavy atom. The van der Waals surface area contributed by atoms with E-state index in [9.17, 15) is 14.4 Å². The lowest BCUT2D eigenvalue weighted by molar-refractivity contribution is -0.148. The van der Waals surface area contributed by atoms with E-state index in [0.717, 1.165) is 24.4 Å². The molecule has 0 spiro atoms. The molecule has 1 saturated heterocycles. The van der Waals surface area contributed by atoms with Gasteiger partial charge in [0.15, 0.2) is 5.69 Å². The molecular formula is C31H36ClFN4O6. The first-order valence-corrected chi connectivity index (χ1v) is 14.8. The van der Waals surface area contributed by atoms with Gasteiger partial charge in [0.25, 0.3) is 5.91 Å². The Hall–Kier alpha value is -3.54. The van der Waals surface area contributed by atoms with Gasteiger partial charge in [-0.15, -0.1) is 0 Å². The number of ether oxygens (including phenoxy) is 3. The van der Waals surface area contributed by atoms with E-state index >= 15 is 4.39 Å². The van der Waals surface area contributed by atoms with Crippen LogP contribution >= 0.6 is 11.6 Å². The summed E-state index contributed by atoms with van der Waals surface area (Å²) in [6.07, 6.45) is 3.16. The van der Waals surface area contributed by atoms with Crippen molar-refractivity contribution in [2.75, 3.05) is 32.7 Å². The van der Waals surface area contributed by atoms with Crippen LogP contribution < -0.4 is 5.32 Å². The lowest BCUT2D eigenvalue weighted by atomic mass is 9.87. The third-order valence-electron chi connectivity index (χ3n) is 8.46. The molecule has 1 N–H and O–H groups in total. The van der Waals surface area contributed by atoms with E-state index < -0.39 is 11.7 Å². The first-order valence-electron chi connectivity index (χ1n) is 14.4. The van der Waals surface area contributed by atoms with E-state index in [1.807, 2.05) is 18.2 Å². The van der Waals surface area contributed by atoms with Crippen molar-refractivity contribution >= 4 is 46.0 Å². The average Bonchev–Trinajstić information content (AvgIpc) is 3.59. The standard InChI is InChI=1S/C31H36ClFN4O6/c1-36-27-7-5-4-6-23(27)29(35-36)30(39)34-26-15-25(33)19(12-24(26)32)13-28(38)37-16-22(41-2)14-20(37)17-43-21-10-8-18(9-11-21)31(40)42-3/h4-7,12,15,18,20-22H,8-11,13-14,16-17H2,1-3H3,(H,34,39)/t18?,20-,21?,22-/m0/s1. The molecule has 0 bridgehead atoms. The Balaban J connectivity index is 1.22. The predicted molar refractivity (Wildman–Crippen MR) is 158 cm³/mol. The second-order valence-electron chi connectivity index (χ2n) is 11.2. The molecule has 1 aromatic heterocycles. The molecule has 2 atom stereocenters. The van der Waals surface area contributed by atoms with Crippen molar-refractivity contribution in [1.29, 1.82) is 0 Å². The number of carbonyl (C=O) groups excluding carboxylic acids is 3. The summed E-state index contributed by atoms with van der Waals surface area (Å²) in [5.74, 6) is -1.72. The number of aryl methyl sites for hydroxylation is 1. The van der Waals surface area contributed by atoms with E-state index in [0.29, 0.717) is 37.8 Å². The van der Waals surface area contributed by atoms with Crippen molar-refractivity contribution in [3.8, 4) is 0 Å². The molecule has 2 heterocycles. The third-order valence-corrected chi connectivity index (χ3v) is 8.77. The number of hydrogen-bond donors (Lipinski definition) is 1. The summed E-state index contributed by atoms with van der Waals surface area (Å²) >= 11 is 6.45. The van der Waals surface area contributed by atoms with Crippen LogP contribution in [0, 0.1) is 11.7 Å². The Bertz CT molecular complexity index is 1500. The number of fused-ring (bicyclic) bond motifs is 1. The van der Waals surface area contributed by atoms with Crippen LogP contribution in [0.15, 0.2) is 36.4 Å². The lowest BCUT2D eigenvalue weighted by Crippen LogP contribution is -2.40. The molecule has 12 heteroatoms. The molecule has 0 radical (unpaired) electrons. The summed E-state index contributed by atoms with van der Waals surface area (Å²) in [5, 5.41) is 7.71. The maximum absolute atomic E-state index is 15.2. The molecule has 2 aromatic carbocycles. The molecule has 43 heavy (non-hydrogen) atoms. The van der Waals surface area contributed by atoms with Gasteiger partial charge in [0.2, 0.25) is 5.91 Å². The molecule has 1 saturated carbocycles. The summed E-state index contributed by atoms with van der Waals surface area (Å²) in [5.41, 5.74) is 1.19. The Kier molecular flexibility index (Phi) is 9.63. The number of methoxy groups -OCH3 is 2. The smallest absolute Gasteiger partial charge is 0.308 e. The van der Waals surface area contributed by atoms with Crippen LogP contribution in [0.5, 0.6) is 0 Å². The van der Waals surface area contributed by atoms with E-state index in [-0.39, 0.29) is 64.4 Å². The number of nitrogens with one attached hydrogen (secondary N) is 1. The van der Waals surface area contributed by atoms with Crippen LogP contribution in [0.2, 0.25) is 5.02 Å². The summed E-state index contributed by atoms with van der Waals surface area (Å²) < 4.78 is 33.4. The molecule has 10 nitrogen and oxygen atoms in total. The number of benzene rings is 2. The minimum Gasteiger partial charge on any atom is -0.469 e. The number of amides is 2. The highest BCUT2D eigenvalue weighted by Gasteiger charge is 2.37. The quantitative estimate of drug-likeness (QED) is 0.353. The molecule has 2 aliphatic rings. The monoisotopic (exact) mass is 614 g/mol. The van der Waals surface area contributed by atoms with Crippen molar-refractivity contribution in [3.05, 3.63) is 58.5 Å². The maximum atomic E-state index is 15.2. The zero-order chi connectivity index (χ0) is 30.7. The van der Waals surface area contributed by atoms with Gasteiger partial charge in [-0.1, -0.05) is 29.8 Å². The Morgan fingerprint density at radius 1 is 1.09 bits per heavy atom. The van der Waals surface area contributed by atoms with Gasteiger partial charge in [-0.2, -0.15) is 5.10 Å². The zero-order valence-electron chi connectivity index (χ0n) is 24.5. The van der Waals surface area contributed by atoms with Crippen LogP contribution in [0.4, 0.5) is 10.1 Å². The zero-order valence-corrected chi connectivity index (χ0v) is 25.2. The summed E-state index contributed by atoms with van der Waals surface area (Å²) in [6.45, 7) is 0.704.